The van der Waals surface area contributed by atoms with E-state index in [-0.39, 0.29) is 0 Å². The molecule has 7 heavy (non-hydrogen) atoms. The Labute approximate surface area is 41.3 Å². The molecule has 0 aromatic heterocycles. The van der Waals surface area contributed by atoms with Gasteiger partial charge in [0.2, 0.25) is 0 Å². The lowest BCUT2D eigenvalue weighted by Gasteiger charge is -2.01. The van der Waals surface area contributed by atoms with Gasteiger partial charge >= 0.3 is 0 Å². The average Bonchev–Trinajstić information content (AvgIpc) is 1.87. The summed E-state index contributed by atoms with van der Waals surface area (Å²) >= 11 is 0. The van der Waals surface area contributed by atoms with Gasteiger partial charge in [-0.25, -0.2) is 0 Å². The van der Waals surface area contributed by atoms with E-state index in [0.717, 1.165) is 0 Å². The summed E-state index contributed by atoms with van der Waals surface area (Å²) < 4.78 is 0. The van der Waals surface area contributed by atoms with Crippen LogP contribution in [0.2, 0.25) is 0 Å². The van der Waals surface area contributed by atoms with Gasteiger partial charge in [0.05, 0.1) is 0 Å². The summed E-state index contributed by atoms with van der Waals surface area (Å²) in [5, 5.41) is 19.5. The number of nitrogens with one attached hydrogen (secondary N) is 1. The molecular formula is C4H7NO2. The first-order valence-corrected chi connectivity index (χ1v) is 2.09. The van der Waals surface area contributed by atoms with Crippen molar-refractivity contribution in [2.45, 2.75) is 12.5 Å². The minimum absolute atomic E-state index is 0.657. The quantitative estimate of drug-likeness (QED) is 0.335. The number of rotatable bonds is 0. The Hall–Kier alpha value is -0.380. The largest absolute Gasteiger partial charge is 0.375 e. The van der Waals surface area contributed by atoms with Crippen LogP contribution in [-0.4, -0.2) is 22.7 Å². The third kappa shape index (κ3) is 0.991. The zero-order valence-corrected chi connectivity index (χ0v) is 3.70. The van der Waals surface area contributed by atoms with Crippen LogP contribution in [0.1, 0.15) is 0 Å². The fraction of sp³-hybridized carbons (Fsp3) is 0.500. The minimum Gasteiger partial charge on any atom is -0.375 e. The molecule has 2 atom stereocenters. The predicted molar refractivity (Wildman–Crippen MR) is 24.3 cm³/mol. The molecule has 0 radical (unpaired) electrons. The van der Waals surface area contributed by atoms with E-state index in [1.807, 2.05) is 0 Å². The zero-order chi connectivity index (χ0) is 5.28. The first-order valence-electron chi connectivity index (χ1n) is 2.09. The summed E-state index contributed by atoms with van der Waals surface area (Å²) in [6.07, 6.45) is 1.67. The number of hydrogen-bond acceptors (Lipinski definition) is 3. The van der Waals surface area contributed by atoms with Crippen molar-refractivity contribution in [3.8, 4) is 0 Å². The fourth-order valence-corrected chi connectivity index (χ4v) is 0.497. The summed E-state index contributed by atoms with van der Waals surface area (Å²) in [5.74, 6) is 0. The summed E-state index contributed by atoms with van der Waals surface area (Å²) in [6, 6.07) is 0. The van der Waals surface area contributed by atoms with Gasteiger partial charge in [-0.1, -0.05) is 0 Å². The Kier molecular flexibility index (Phi) is 1.10. The number of aliphatic hydroxyl groups is 2. The molecule has 3 heteroatoms. The maximum absolute atomic E-state index is 8.54. The molecule has 0 aliphatic carbocycles. The van der Waals surface area contributed by atoms with Crippen molar-refractivity contribution in [3.63, 3.8) is 0 Å². The molecule has 0 fully saturated rings. The highest BCUT2D eigenvalue weighted by atomic mass is 16.3. The second-order valence-corrected chi connectivity index (χ2v) is 1.44. The van der Waals surface area contributed by atoms with Crippen LogP contribution in [0.4, 0.5) is 0 Å². The van der Waals surface area contributed by atoms with Crippen LogP contribution in [0.25, 0.3) is 0 Å². The van der Waals surface area contributed by atoms with Gasteiger partial charge in [0.15, 0.2) is 0 Å². The van der Waals surface area contributed by atoms with E-state index < -0.39 is 12.5 Å². The van der Waals surface area contributed by atoms with E-state index in [4.69, 9.17) is 10.2 Å². The highest BCUT2D eigenvalue weighted by Gasteiger charge is 2.09. The SMILES string of the molecule is OC1C=CC(O)N1. The average molecular weight is 101 g/mol. The topological polar surface area (TPSA) is 52.5 Å². The third-order valence-corrected chi connectivity index (χ3v) is 0.817. The molecule has 0 bridgehead atoms. The molecule has 1 aliphatic rings. The number of aliphatic hydroxyl groups excluding tert-OH is 2. The zero-order valence-electron chi connectivity index (χ0n) is 3.70. The maximum Gasteiger partial charge on any atom is 0.126 e. The molecule has 0 spiro atoms. The molecule has 1 aliphatic heterocycles. The molecule has 40 valence electrons. The minimum atomic E-state index is -0.657. The molecule has 1 heterocycles. The monoisotopic (exact) mass is 101 g/mol. The Morgan fingerprint density at radius 1 is 1.14 bits per heavy atom. The van der Waals surface area contributed by atoms with Crippen molar-refractivity contribution in [1.29, 1.82) is 0 Å². The standard InChI is InChI=1S/C4H7NO2/c6-3-1-2-4(7)5-3/h1-7H. The molecule has 1 rings (SSSR count). The Balaban J connectivity index is 2.42. The Morgan fingerprint density at radius 3 is 1.71 bits per heavy atom. The van der Waals surface area contributed by atoms with Crippen LogP contribution in [0.3, 0.4) is 0 Å². The highest BCUT2D eigenvalue weighted by Crippen LogP contribution is 1.94. The lowest BCUT2D eigenvalue weighted by atomic mass is 10.5. The van der Waals surface area contributed by atoms with E-state index in [2.05, 4.69) is 5.32 Å². The normalized spacial score (nSPS) is 39.7. The lowest BCUT2D eigenvalue weighted by molar-refractivity contribution is 0.113. The van der Waals surface area contributed by atoms with Crippen LogP contribution >= 0.6 is 0 Å². The van der Waals surface area contributed by atoms with E-state index in [1.54, 1.807) is 0 Å². The van der Waals surface area contributed by atoms with Crippen LogP contribution in [-0.2, 0) is 0 Å². The molecule has 3 nitrogen and oxygen atoms in total. The molecular weight excluding hydrogens is 94.0 g/mol. The molecule has 3 N–H and O–H groups in total. The third-order valence-electron chi connectivity index (χ3n) is 0.817. The van der Waals surface area contributed by atoms with Crippen molar-refractivity contribution in [2.24, 2.45) is 0 Å². The second-order valence-electron chi connectivity index (χ2n) is 1.44. The first kappa shape index (κ1) is 4.77. The van der Waals surface area contributed by atoms with Gasteiger partial charge in [-0.05, 0) is 12.2 Å². The smallest absolute Gasteiger partial charge is 0.126 e. The van der Waals surface area contributed by atoms with Crippen LogP contribution in [0.15, 0.2) is 12.2 Å². The van der Waals surface area contributed by atoms with Crippen LogP contribution in [0.5, 0.6) is 0 Å². The molecule has 0 aromatic carbocycles. The highest BCUT2D eigenvalue weighted by molar-refractivity contribution is 4.99. The predicted octanol–water partition coefficient (Wildman–Crippen LogP) is -1.22. The first-order chi connectivity index (χ1) is 3.29. The molecule has 2 unspecified atom stereocenters. The van der Waals surface area contributed by atoms with Gasteiger partial charge in [0, 0.05) is 0 Å². The van der Waals surface area contributed by atoms with Gasteiger partial charge in [-0.3, -0.25) is 5.32 Å². The van der Waals surface area contributed by atoms with E-state index in [0.29, 0.717) is 0 Å². The van der Waals surface area contributed by atoms with E-state index >= 15 is 0 Å². The van der Waals surface area contributed by atoms with Crippen molar-refractivity contribution in [2.75, 3.05) is 0 Å². The van der Waals surface area contributed by atoms with E-state index in [9.17, 15) is 0 Å². The van der Waals surface area contributed by atoms with Gasteiger partial charge in [0.25, 0.3) is 0 Å². The van der Waals surface area contributed by atoms with E-state index in [1.165, 1.54) is 12.2 Å². The second kappa shape index (κ2) is 1.61. The molecule has 0 amide bonds. The summed E-state index contributed by atoms with van der Waals surface area (Å²) in [6.45, 7) is 0. The van der Waals surface area contributed by atoms with Gasteiger partial charge < -0.3 is 10.2 Å². The van der Waals surface area contributed by atoms with Crippen molar-refractivity contribution in [3.05, 3.63) is 12.2 Å². The molecule has 0 saturated heterocycles. The number of hydrogen-bond donors (Lipinski definition) is 3. The maximum atomic E-state index is 8.54. The Bertz CT molecular complexity index is 81.7. The fourth-order valence-electron chi connectivity index (χ4n) is 0.497. The van der Waals surface area contributed by atoms with Crippen molar-refractivity contribution in [1.82, 2.24) is 5.32 Å². The van der Waals surface area contributed by atoms with Crippen LogP contribution in [0, 0.1) is 0 Å². The Morgan fingerprint density at radius 2 is 1.57 bits per heavy atom. The molecule has 0 saturated carbocycles. The van der Waals surface area contributed by atoms with Gasteiger partial charge in [0.1, 0.15) is 12.5 Å². The van der Waals surface area contributed by atoms with Crippen molar-refractivity contribution < 1.29 is 10.2 Å². The summed E-state index contributed by atoms with van der Waals surface area (Å²) in [5.41, 5.74) is 0. The van der Waals surface area contributed by atoms with Crippen LogP contribution < -0.4 is 5.32 Å². The van der Waals surface area contributed by atoms with Crippen molar-refractivity contribution >= 4 is 0 Å². The molecule has 0 aromatic rings. The van der Waals surface area contributed by atoms with Gasteiger partial charge in [-0.2, -0.15) is 0 Å². The summed E-state index contributed by atoms with van der Waals surface area (Å²) in [7, 11) is 0. The lowest BCUT2D eigenvalue weighted by Crippen LogP contribution is -2.29. The van der Waals surface area contributed by atoms with Gasteiger partial charge in [-0.15, -0.1) is 0 Å². The summed E-state index contributed by atoms with van der Waals surface area (Å²) in [4.78, 5) is 0.